The van der Waals surface area contributed by atoms with Crippen LogP contribution in [0, 0.1) is 0 Å². The minimum absolute atomic E-state index is 0.146. The summed E-state index contributed by atoms with van der Waals surface area (Å²) < 4.78 is 11.0. The van der Waals surface area contributed by atoms with Gasteiger partial charge in [-0.05, 0) is 6.92 Å². The van der Waals surface area contributed by atoms with Crippen LogP contribution in [0.1, 0.15) is 17.8 Å². The van der Waals surface area contributed by atoms with Crippen LogP contribution in [0.3, 0.4) is 0 Å². The van der Waals surface area contributed by atoms with E-state index in [2.05, 4.69) is 17.2 Å². The molecule has 0 saturated heterocycles. The van der Waals surface area contributed by atoms with Crippen LogP contribution < -0.4 is 14.8 Å². The summed E-state index contributed by atoms with van der Waals surface area (Å²) in [6.07, 6.45) is 1.86. The first-order valence-electron chi connectivity index (χ1n) is 5.98. The van der Waals surface area contributed by atoms with Crippen molar-refractivity contribution in [1.82, 2.24) is 4.98 Å². The molecule has 0 spiro atoms. The first-order valence-corrected chi connectivity index (χ1v) is 7.24. The van der Waals surface area contributed by atoms with Gasteiger partial charge in [-0.3, -0.25) is 4.98 Å². The van der Waals surface area contributed by atoms with Gasteiger partial charge in [0, 0.05) is 23.2 Å². The number of nitrogens with one attached hydrogen (secondary N) is 1. The van der Waals surface area contributed by atoms with E-state index in [0.717, 1.165) is 16.3 Å². The summed E-state index contributed by atoms with van der Waals surface area (Å²) in [5, 5.41) is 3.99. The van der Waals surface area contributed by atoms with Gasteiger partial charge in [-0.1, -0.05) is 11.6 Å². The van der Waals surface area contributed by atoms with Crippen molar-refractivity contribution < 1.29 is 9.47 Å². The number of hydrogen-bond acceptors (Lipinski definition) is 5. The maximum Gasteiger partial charge on any atom is 0.163 e. The summed E-state index contributed by atoms with van der Waals surface area (Å²) in [5.41, 5.74) is 2.66. The summed E-state index contributed by atoms with van der Waals surface area (Å²) in [4.78, 5) is 5.24. The van der Waals surface area contributed by atoms with Crippen molar-refractivity contribution in [1.29, 1.82) is 0 Å². The van der Waals surface area contributed by atoms with Gasteiger partial charge in [-0.2, -0.15) is 0 Å². The minimum Gasteiger partial charge on any atom is -0.486 e. The molecule has 0 radical (unpaired) electrons. The predicted molar refractivity (Wildman–Crippen MR) is 76.6 cm³/mol. The van der Waals surface area contributed by atoms with Crippen LogP contribution in [0.2, 0.25) is 5.02 Å². The van der Waals surface area contributed by atoms with Gasteiger partial charge in [0.25, 0.3) is 0 Å². The third-order valence-electron chi connectivity index (χ3n) is 2.88. The molecule has 0 bridgehead atoms. The van der Waals surface area contributed by atoms with Gasteiger partial charge in [-0.15, -0.1) is 11.3 Å². The lowest BCUT2D eigenvalue weighted by molar-refractivity contribution is 0.171. The fourth-order valence-electron chi connectivity index (χ4n) is 1.92. The summed E-state index contributed by atoms with van der Waals surface area (Å²) in [6.45, 7) is 3.20. The van der Waals surface area contributed by atoms with E-state index in [1.165, 1.54) is 0 Å². The second-order valence-electron chi connectivity index (χ2n) is 4.25. The Morgan fingerprint density at radius 2 is 2.05 bits per heavy atom. The van der Waals surface area contributed by atoms with Crippen LogP contribution in [0.4, 0.5) is 5.69 Å². The second kappa shape index (κ2) is 5.27. The molecule has 19 heavy (non-hydrogen) atoms. The number of rotatable bonds is 3. The van der Waals surface area contributed by atoms with Gasteiger partial charge < -0.3 is 14.8 Å². The molecule has 1 aromatic heterocycles. The van der Waals surface area contributed by atoms with Gasteiger partial charge >= 0.3 is 0 Å². The molecule has 2 aromatic rings. The van der Waals surface area contributed by atoms with Crippen molar-refractivity contribution in [3.05, 3.63) is 33.7 Å². The number of fused-ring (bicyclic) bond motifs is 1. The average molecular weight is 297 g/mol. The molecule has 0 saturated carbocycles. The predicted octanol–water partition coefficient (Wildman–Crippen LogP) is 3.74. The van der Waals surface area contributed by atoms with Crippen molar-refractivity contribution in [2.24, 2.45) is 0 Å². The number of ether oxygens (including phenoxy) is 2. The molecule has 0 aliphatic carbocycles. The molecule has 100 valence electrons. The van der Waals surface area contributed by atoms with Crippen LogP contribution in [-0.2, 0) is 0 Å². The molecule has 1 unspecified atom stereocenters. The monoisotopic (exact) mass is 296 g/mol. The summed E-state index contributed by atoms with van der Waals surface area (Å²) in [6, 6.07) is 3.82. The molecular formula is C13H13ClN2O2S. The van der Waals surface area contributed by atoms with E-state index in [1.807, 2.05) is 17.8 Å². The zero-order valence-electron chi connectivity index (χ0n) is 10.4. The standard InChI is InChI=1S/C13H13ClN2O2S/c1-8(13-6-15-7-19-13)16-10-5-12-11(4-9(10)14)17-2-3-18-12/h4-8,16H,2-3H2,1H3. The van der Waals surface area contributed by atoms with Crippen molar-refractivity contribution >= 4 is 28.6 Å². The SMILES string of the molecule is CC(Nc1cc2c(cc1Cl)OCCO2)c1cncs1. The van der Waals surface area contributed by atoms with Crippen LogP contribution in [0.5, 0.6) is 11.5 Å². The molecule has 1 N–H and O–H groups in total. The second-order valence-corrected chi connectivity index (χ2v) is 5.57. The molecular weight excluding hydrogens is 284 g/mol. The Balaban J connectivity index is 1.84. The Kier molecular flexibility index (Phi) is 3.48. The molecule has 1 aromatic carbocycles. The number of halogens is 1. The number of thiazole rings is 1. The highest BCUT2D eigenvalue weighted by atomic mass is 35.5. The van der Waals surface area contributed by atoms with Crippen molar-refractivity contribution in [3.63, 3.8) is 0 Å². The van der Waals surface area contributed by atoms with Gasteiger partial charge in [0.1, 0.15) is 13.2 Å². The van der Waals surface area contributed by atoms with E-state index in [1.54, 1.807) is 17.4 Å². The van der Waals surface area contributed by atoms with Crippen molar-refractivity contribution in [2.75, 3.05) is 18.5 Å². The lowest BCUT2D eigenvalue weighted by atomic mass is 10.2. The third kappa shape index (κ3) is 2.62. The van der Waals surface area contributed by atoms with E-state index < -0.39 is 0 Å². The minimum atomic E-state index is 0.146. The number of benzene rings is 1. The van der Waals surface area contributed by atoms with Gasteiger partial charge in [-0.25, -0.2) is 0 Å². The normalized spacial score (nSPS) is 15.1. The van der Waals surface area contributed by atoms with E-state index >= 15 is 0 Å². The van der Waals surface area contributed by atoms with Crippen molar-refractivity contribution in [3.8, 4) is 11.5 Å². The molecule has 3 rings (SSSR count). The number of aromatic nitrogens is 1. The Labute approximate surface area is 120 Å². The maximum absolute atomic E-state index is 6.26. The molecule has 1 aliphatic heterocycles. The topological polar surface area (TPSA) is 43.4 Å². The fraction of sp³-hybridized carbons (Fsp3) is 0.308. The van der Waals surface area contributed by atoms with Crippen LogP contribution >= 0.6 is 22.9 Å². The van der Waals surface area contributed by atoms with Crippen LogP contribution in [0.25, 0.3) is 0 Å². The van der Waals surface area contributed by atoms with E-state index in [9.17, 15) is 0 Å². The Morgan fingerprint density at radius 1 is 1.32 bits per heavy atom. The van der Waals surface area contributed by atoms with Gasteiger partial charge in [0.05, 0.1) is 22.3 Å². The average Bonchev–Trinajstić information content (AvgIpc) is 2.93. The van der Waals surface area contributed by atoms with Crippen LogP contribution in [0.15, 0.2) is 23.8 Å². The van der Waals surface area contributed by atoms with E-state index in [0.29, 0.717) is 24.0 Å². The van der Waals surface area contributed by atoms with Crippen molar-refractivity contribution in [2.45, 2.75) is 13.0 Å². The number of hydrogen-bond donors (Lipinski definition) is 1. The Bertz CT molecular complexity index is 574. The largest absolute Gasteiger partial charge is 0.486 e. The fourth-order valence-corrected chi connectivity index (χ4v) is 2.75. The summed E-state index contributed by atoms with van der Waals surface area (Å²) in [7, 11) is 0. The zero-order chi connectivity index (χ0) is 13.2. The van der Waals surface area contributed by atoms with Gasteiger partial charge in [0.2, 0.25) is 0 Å². The molecule has 4 nitrogen and oxygen atoms in total. The first kappa shape index (κ1) is 12.6. The summed E-state index contributed by atoms with van der Waals surface area (Å²) >= 11 is 7.87. The number of anilines is 1. The molecule has 6 heteroatoms. The third-order valence-corrected chi connectivity index (χ3v) is 4.15. The van der Waals surface area contributed by atoms with Gasteiger partial charge in [0.15, 0.2) is 11.5 Å². The summed E-state index contributed by atoms with van der Waals surface area (Å²) in [5.74, 6) is 1.43. The first-order chi connectivity index (χ1) is 9.24. The Hall–Kier alpha value is -1.46. The smallest absolute Gasteiger partial charge is 0.163 e. The molecule has 0 amide bonds. The highest BCUT2D eigenvalue weighted by Gasteiger charge is 2.16. The quantitative estimate of drug-likeness (QED) is 0.937. The Morgan fingerprint density at radius 3 is 2.74 bits per heavy atom. The highest BCUT2D eigenvalue weighted by Crippen LogP contribution is 2.39. The van der Waals surface area contributed by atoms with E-state index in [4.69, 9.17) is 21.1 Å². The molecule has 1 aliphatic rings. The maximum atomic E-state index is 6.26. The molecule has 1 atom stereocenters. The highest BCUT2D eigenvalue weighted by molar-refractivity contribution is 7.09. The zero-order valence-corrected chi connectivity index (χ0v) is 11.9. The molecule has 2 heterocycles. The lowest BCUT2D eigenvalue weighted by Gasteiger charge is -2.21. The molecule has 0 fully saturated rings. The lowest BCUT2D eigenvalue weighted by Crippen LogP contribution is -2.16. The van der Waals surface area contributed by atoms with Crippen LogP contribution in [-0.4, -0.2) is 18.2 Å². The number of nitrogens with zero attached hydrogens (tertiary/aromatic N) is 1. The van der Waals surface area contributed by atoms with E-state index in [-0.39, 0.29) is 6.04 Å².